The number of benzene rings is 9. The lowest BCUT2D eigenvalue weighted by Crippen LogP contribution is -2.70. The molecule has 20 heteroatoms. The van der Waals surface area contributed by atoms with Gasteiger partial charge in [-0.25, -0.2) is 4.39 Å². The molecular formula is C83H85Cl3FNO15. The standard InChI is InChI=1S/C83H85Cl3FNO15/c84-83(85,86)82(89)88-70-74(95-51-63-38-20-6-21-39-63)73(102-81-78(98-54-66-44-26-9-27-45-66)76(97-53-65-42-24-8-25-43-65)72(94-50-62-36-18-5-19-37-62)68(101-81)56-91-47-59-30-12-2-13-31-59)69(57-92-48-60-32-14-3-15-33-60)100-80(70)103-77-75(96-52-64-40-22-7-23-41-64)71(93-49-61-34-16-4-17-35-61)67(99-79(77)87)55-90-46-58-28-10-1-11-29-58/h1-45,67-81H,46-57H2,(H,88,89)/t67-,68-,69-,70-,71-,72+,73-,74-,75+,76+,77+,78-,79+,80+,81+/m1/s1. The molecule has 3 fully saturated rings. The number of ether oxygens (including phenoxy) is 14. The molecule has 0 bridgehead atoms. The second-order valence-corrected chi connectivity index (χ2v) is 27.7. The van der Waals surface area contributed by atoms with Crippen molar-refractivity contribution in [2.75, 3.05) is 19.8 Å². The van der Waals surface area contributed by atoms with Gasteiger partial charge in [-0.05, 0) is 50.1 Å². The van der Waals surface area contributed by atoms with Crippen molar-refractivity contribution >= 4 is 40.7 Å². The SMILES string of the molecule is O=C(N[C@H]1[C@H](O[C@H]2[C@@H](OCc3ccccc3)[C@H](OCc3ccccc3)[C@@H](COCc3ccccc3)O[C@@H]2F)O[C@H](COCc2ccccc2)[C@@H](O[C@@H]2O[C@H](COCc3ccccc3)[C@H](OCc3ccccc3)[C@H](OCc3ccccc3)[C@H]2OCc2ccccc2)[C@@H]1OCc1ccccc1)C(Cl)(Cl)Cl. The van der Waals surface area contributed by atoms with Crippen LogP contribution in [-0.2, 0) is 131 Å². The van der Waals surface area contributed by atoms with Crippen LogP contribution < -0.4 is 5.32 Å². The second kappa shape index (κ2) is 39.2. The van der Waals surface area contributed by atoms with Crippen molar-refractivity contribution in [1.82, 2.24) is 5.32 Å². The van der Waals surface area contributed by atoms with E-state index in [0.29, 0.717) is 0 Å². The van der Waals surface area contributed by atoms with Gasteiger partial charge >= 0.3 is 0 Å². The van der Waals surface area contributed by atoms with Crippen LogP contribution in [0.15, 0.2) is 273 Å². The maximum Gasteiger partial charge on any atom is 0.272 e. The van der Waals surface area contributed by atoms with Crippen LogP contribution in [-0.4, -0.2) is 122 Å². The summed E-state index contributed by atoms with van der Waals surface area (Å²) in [7, 11) is 0. The monoisotopic (exact) mass is 1460 g/mol. The van der Waals surface area contributed by atoms with Crippen molar-refractivity contribution in [3.05, 3.63) is 323 Å². The van der Waals surface area contributed by atoms with Gasteiger partial charge in [-0.1, -0.05) is 308 Å². The first kappa shape index (κ1) is 75.4. The number of nitrogens with one attached hydrogen (secondary N) is 1. The minimum atomic E-state index is -2.59. The number of carbonyl (C=O) groups excluding carboxylic acids is 1. The van der Waals surface area contributed by atoms with E-state index in [1.807, 2.05) is 273 Å². The van der Waals surface area contributed by atoms with Crippen molar-refractivity contribution < 1.29 is 75.5 Å². The first-order chi connectivity index (χ1) is 50.5. The number of amides is 1. The van der Waals surface area contributed by atoms with Gasteiger partial charge in [0, 0.05) is 0 Å². The highest BCUT2D eigenvalue weighted by molar-refractivity contribution is 6.76. The van der Waals surface area contributed by atoms with Gasteiger partial charge in [0.2, 0.25) is 6.36 Å². The van der Waals surface area contributed by atoms with Crippen molar-refractivity contribution in [2.45, 2.75) is 155 Å². The molecule has 0 spiro atoms. The third kappa shape index (κ3) is 22.4. The van der Waals surface area contributed by atoms with E-state index in [1.165, 1.54) is 0 Å². The second-order valence-electron chi connectivity index (χ2n) is 25.4. The first-order valence-electron chi connectivity index (χ1n) is 34.6. The zero-order valence-electron chi connectivity index (χ0n) is 56.8. The Kier molecular flexibility index (Phi) is 28.7. The topological polar surface area (TPSA) is 158 Å². The van der Waals surface area contributed by atoms with E-state index in [4.69, 9.17) is 101 Å². The van der Waals surface area contributed by atoms with Crippen LogP contribution in [0.4, 0.5) is 4.39 Å². The van der Waals surface area contributed by atoms with Gasteiger partial charge < -0.3 is 71.6 Å². The van der Waals surface area contributed by atoms with Crippen LogP contribution in [0.3, 0.4) is 0 Å². The summed E-state index contributed by atoms with van der Waals surface area (Å²) in [6, 6.07) is 85.2. The molecule has 9 aromatic rings. The molecule has 15 atom stereocenters. The van der Waals surface area contributed by atoms with Crippen LogP contribution >= 0.6 is 34.8 Å². The van der Waals surface area contributed by atoms with Crippen molar-refractivity contribution in [1.29, 1.82) is 0 Å². The van der Waals surface area contributed by atoms with Gasteiger partial charge in [0.15, 0.2) is 12.6 Å². The Bertz CT molecular complexity index is 3860. The molecule has 0 radical (unpaired) electrons. The Hall–Kier alpha value is -7.31. The Labute approximate surface area is 616 Å². The molecule has 1 N–H and O–H groups in total. The lowest BCUT2D eigenvalue weighted by Gasteiger charge is -2.51. The number of halogens is 4. The number of hydrogen-bond donors (Lipinski definition) is 1. The van der Waals surface area contributed by atoms with Crippen LogP contribution in [0.5, 0.6) is 0 Å². The maximum absolute atomic E-state index is 18.2. The van der Waals surface area contributed by atoms with Crippen molar-refractivity contribution in [3.8, 4) is 0 Å². The number of carbonyl (C=O) groups is 1. The molecule has 16 nitrogen and oxygen atoms in total. The van der Waals surface area contributed by atoms with Gasteiger partial charge in [-0.15, -0.1) is 0 Å². The van der Waals surface area contributed by atoms with E-state index in [1.54, 1.807) is 0 Å². The van der Waals surface area contributed by atoms with Gasteiger partial charge in [0.1, 0.15) is 73.2 Å². The lowest BCUT2D eigenvalue weighted by atomic mass is 9.94. The average molecular weight is 1460 g/mol. The Balaban J connectivity index is 0.965. The molecule has 0 aromatic heterocycles. The summed E-state index contributed by atoms with van der Waals surface area (Å²) in [6.45, 7) is 0.479. The molecule has 540 valence electrons. The summed E-state index contributed by atoms with van der Waals surface area (Å²) in [5, 5.41) is 2.93. The fourth-order valence-corrected chi connectivity index (χ4v) is 12.8. The first-order valence-corrected chi connectivity index (χ1v) is 35.8. The van der Waals surface area contributed by atoms with E-state index in [0.717, 1.165) is 50.1 Å². The highest BCUT2D eigenvalue weighted by Crippen LogP contribution is 2.40. The van der Waals surface area contributed by atoms with Gasteiger partial charge in [0.05, 0.1) is 79.3 Å². The van der Waals surface area contributed by atoms with Crippen LogP contribution in [0.25, 0.3) is 0 Å². The highest BCUT2D eigenvalue weighted by atomic mass is 35.6. The van der Waals surface area contributed by atoms with E-state index in [-0.39, 0.29) is 79.3 Å². The molecule has 12 rings (SSSR count). The quantitative estimate of drug-likeness (QED) is 0.0374. The summed E-state index contributed by atoms with van der Waals surface area (Å²) in [5.74, 6) is -1.10. The molecule has 3 saturated heterocycles. The lowest BCUT2D eigenvalue weighted by molar-refractivity contribution is -0.378. The summed E-state index contributed by atoms with van der Waals surface area (Å²) in [4.78, 5) is 14.8. The van der Waals surface area contributed by atoms with Gasteiger partial charge in [-0.3, -0.25) is 4.79 Å². The fourth-order valence-electron chi connectivity index (χ4n) is 12.6. The zero-order valence-corrected chi connectivity index (χ0v) is 59.0. The smallest absolute Gasteiger partial charge is 0.272 e. The molecule has 3 heterocycles. The Morgan fingerprint density at radius 2 is 0.563 bits per heavy atom. The molecule has 3 aliphatic heterocycles. The minimum Gasteiger partial charge on any atom is -0.374 e. The number of rotatable bonds is 35. The third-order valence-electron chi connectivity index (χ3n) is 17.8. The predicted molar refractivity (Wildman–Crippen MR) is 387 cm³/mol. The zero-order chi connectivity index (χ0) is 70.8. The van der Waals surface area contributed by atoms with E-state index >= 15 is 4.39 Å². The molecule has 9 aromatic carbocycles. The molecule has 1 amide bonds. The average Bonchev–Trinajstić information content (AvgIpc) is 0.757. The normalized spacial score (nSPS) is 25.0. The Morgan fingerprint density at radius 3 is 0.893 bits per heavy atom. The molecule has 0 unspecified atom stereocenters. The largest absolute Gasteiger partial charge is 0.374 e. The van der Waals surface area contributed by atoms with Crippen LogP contribution in [0.1, 0.15) is 50.1 Å². The van der Waals surface area contributed by atoms with E-state index in [2.05, 4.69) is 5.32 Å². The summed E-state index contributed by atoms with van der Waals surface area (Å²) in [6.07, 6.45) is -18.3. The van der Waals surface area contributed by atoms with Crippen LogP contribution in [0.2, 0.25) is 0 Å². The number of hydrogen-bond acceptors (Lipinski definition) is 15. The summed E-state index contributed by atoms with van der Waals surface area (Å²) >= 11 is 19.7. The number of alkyl halides is 4. The van der Waals surface area contributed by atoms with E-state index in [9.17, 15) is 4.79 Å². The molecule has 0 aliphatic carbocycles. The highest BCUT2D eigenvalue weighted by Gasteiger charge is 2.58. The Morgan fingerprint density at radius 1 is 0.311 bits per heavy atom. The minimum absolute atomic E-state index is 0.0151. The van der Waals surface area contributed by atoms with E-state index < -0.39 is 102 Å². The van der Waals surface area contributed by atoms with Crippen molar-refractivity contribution in [3.63, 3.8) is 0 Å². The molecule has 103 heavy (non-hydrogen) atoms. The van der Waals surface area contributed by atoms with Crippen molar-refractivity contribution in [2.24, 2.45) is 0 Å². The summed E-state index contributed by atoms with van der Waals surface area (Å²) in [5.41, 5.74) is 7.62. The predicted octanol–water partition coefficient (Wildman–Crippen LogP) is 14.9. The third-order valence-corrected chi connectivity index (χ3v) is 18.4. The maximum atomic E-state index is 18.2. The van der Waals surface area contributed by atoms with Crippen LogP contribution in [0, 0.1) is 0 Å². The van der Waals surface area contributed by atoms with Gasteiger partial charge in [-0.2, -0.15) is 0 Å². The molecule has 3 aliphatic rings. The van der Waals surface area contributed by atoms with Gasteiger partial charge in [0.25, 0.3) is 9.70 Å². The fraction of sp³-hybridized carbons (Fsp3) is 0.337. The summed E-state index contributed by atoms with van der Waals surface area (Å²) < 4.78 is 113. The molecule has 0 saturated carbocycles. The molecular weight excluding hydrogens is 1380 g/mol.